The van der Waals surface area contributed by atoms with Crippen LogP contribution in [0.15, 0.2) is 109 Å². The zero-order valence-electron chi connectivity index (χ0n) is 46.2. The number of carbonyl (C=O) groups is 3. The van der Waals surface area contributed by atoms with Crippen LogP contribution in [0.4, 0.5) is 0 Å². The lowest BCUT2D eigenvalue weighted by Gasteiger charge is -2.18. The molecule has 6 heteroatoms. The van der Waals surface area contributed by atoms with Crippen molar-refractivity contribution in [2.24, 2.45) is 0 Å². The Labute approximate surface area is 438 Å². The molecule has 6 nitrogen and oxygen atoms in total. The first-order chi connectivity index (χ1) is 35.0. The number of unbranched alkanes of at least 4 members (excludes halogenated alkanes) is 23. The minimum atomic E-state index is -0.817. The number of ether oxygens (including phenoxy) is 3. The number of rotatable bonds is 52. The highest BCUT2D eigenvalue weighted by Gasteiger charge is 2.19. The van der Waals surface area contributed by atoms with Crippen LogP contribution in [0.2, 0.25) is 0 Å². The van der Waals surface area contributed by atoms with Crippen LogP contribution in [0.5, 0.6) is 0 Å². The zero-order valence-corrected chi connectivity index (χ0v) is 46.2. The molecule has 0 radical (unpaired) electrons. The summed E-state index contributed by atoms with van der Waals surface area (Å²) in [6.07, 6.45) is 79.4. The van der Waals surface area contributed by atoms with Gasteiger partial charge in [-0.15, -0.1) is 0 Å². The molecule has 0 aliphatic carbocycles. The molecule has 0 aromatic rings. The SMILES string of the molecule is CC/C=C\C/C=C\C/C=C\C/C=C\CCCCCCCCC(=O)OCC(COC(=O)CCCCCCCCC/C=C\C/C=C\CCCCC)OC(=O)CCC/C=C\C/C=C\C/C=C\CCCCCCCC. The molecule has 0 amide bonds. The van der Waals surface area contributed by atoms with E-state index in [4.69, 9.17) is 14.2 Å². The second kappa shape index (κ2) is 58.6. The van der Waals surface area contributed by atoms with Gasteiger partial charge in [-0.2, -0.15) is 0 Å². The van der Waals surface area contributed by atoms with Crippen molar-refractivity contribution in [3.63, 3.8) is 0 Å². The topological polar surface area (TPSA) is 78.9 Å². The van der Waals surface area contributed by atoms with Crippen molar-refractivity contribution in [2.75, 3.05) is 13.2 Å². The first-order valence-corrected chi connectivity index (χ1v) is 29.4. The normalized spacial score (nSPS) is 12.9. The molecule has 0 heterocycles. The van der Waals surface area contributed by atoms with Crippen molar-refractivity contribution < 1.29 is 28.6 Å². The molecule has 0 saturated heterocycles. The van der Waals surface area contributed by atoms with E-state index in [0.29, 0.717) is 19.3 Å². The number of allylic oxidation sites excluding steroid dienone is 18. The van der Waals surface area contributed by atoms with Crippen LogP contribution in [0, 0.1) is 0 Å². The standard InChI is InChI=1S/C65H108O6/c1-4-7-10-13-16-19-22-25-28-31-32-35-37-40-43-46-49-52-55-58-64(67)70-61-62(71-65(68)59-56-53-50-47-44-41-38-34-30-27-24-21-18-15-12-9-6-3)60-69-63(66)57-54-51-48-45-42-39-36-33-29-26-23-20-17-14-11-8-5-2/h7,10,16-17,19-20,25-30,32,35,38,41,47,50,62H,4-6,8-9,11-15,18,21-24,31,33-34,36-37,39-40,42-46,48-49,51-61H2,1-3H3/b10-7-,19-16-,20-17-,28-25-,29-26-,30-27-,35-32-,41-38-,50-47-. The van der Waals surface area contributed by atoms with Gasteiger partial charge in [-0.3, -0.25) is 14.4 Å². The predicted molar refractivity (Wildman–Crippen MR) is 307 cm³/mol. The molecule has 0 spiro atoms. The van der Waals surface area contributed by atoms with Crippen LogP contribution in [-0.4, -0.2) is 37.2 Å². The van der Waals surface area contributed by atoms with E-state index in [1.165, 1.54) is 109 Å². The van der Waals surface area contributed by atoms with Crippen molar-refractivity contribution in [3.8, 4) is 0 Å². The van der Waals surface area contributed by atoms with Crippen molar-refractivity contribution >= 4 is 17.9 Å². The predicted octanol–water partition coefficient (Wildman–Crippen LogP) is 19.9. The maximum absolute atomic E-state index is 12.8. The van der Waals surface area contributed by atoms with Crippen LogP contribution >= 0.6 is 0 Å². The Hall–Kier alpha value is -3.93. The van der Waals surface area contributed by atoms with Gasteiger partial charge in [-0.1, -0.05) is 233 Å². The fourth-order valence-electron chi connectivity index (χ4n) is 7.83. The van der Waals surface area contributed by atoms with Crippen LogP contribution in [0.3, 0.4) is 0 Å². The van der Waals surface area contributed by atoms with Gasteiger partial charge in [0.25, 0.3) is 0 Å². The summed E-state index contributed by atoms with van der Waals surface area (Å²) in [5, 5.41) is 0. The van der Waals surface area contributed by atoms with E-state index in [-0.39, 0.29) is 37.5 Å². The van der Waals surface area contributed by atoms with E-state index in [2.05, 4.69) is 130 Å². The smallest absolute Gasteiger partial charge is 0.306 e. The highest BCUT2D eigenvalue weighted by Crippen LogP contribution is 2.14. The molecule has 0 saturated carbocycles. The Morgan fingerprint density at radius 3 is 0.930 bits per heavy atom. The van der Waals surface area contributed by atoms with Gasteiger partial charge in [0.15, 0.2) is 6.10 Å². The van der Waals surface area contributed by atoms with Crippen molar-refractivity contribution in [3.05, 3.63) is 109 Å². The fraction of sp³-hybridized carbons (Fsp3) is 0.677. The van der Waals surface area contributed by atoms with Crippen LogP contribution < -0.4 is 0 Å². The van der Waals surface area contributed by atoms with Gasteiger partial charge < -0.3 is 14.2 Å². The third-order valence-corrected chi connectivity index (χ3v) is 12.2. The van der Waals surface area contributed by atoms with E-state index in [9.17, 15) is 14.4 Å². The molecule has 1 atom stereocenters. The molecule has 0 rings (SSSR count). The van der Waals surface area contributed by atoms with Gasteiger partial charge in [0.05, 0.1) is 0 Å². The minimum Gasteiger partial charge on any atom is -0.462 e. The van der Waals surface area contributed by atoms with Gasteiger partial charge in [0, 0.05) is 19.3 Å². The van der Waals surface area contributed by atoms with E-state index in [1.54, 1.807) is 0 Å². The lowest BCUT2D eigenvalue weighted by Crippen LogP contribution is -2.30. The van der Waals surface area contributed by atoms with Crippen LogP contribution in [-0.2, 0) is 28.6 Å². The van der Waals surface area contributed by atoms with Gasteiger partial charge in [0.2, 0.25) is 0 Å². The summed E-state index contributed by atoms with van der Waals surface area (Å²) in [4.78, 5) is 38.2. The average molecular weight is 986 g/mol. The van der Waals surface area contributed by atoms with Crippen LogP contribution in [0.1, 0.15) is 265 Å². The molecule has 0 aliphatic rings. The summed E-state index contributed by atoms with van der Waals surface area (Å²) in [7, 11) is 0. The second-order valence-corrected chi connectivity index (χ2v) is 19.2. The summed E-state index contributed by atoms with van der Waals surface area (Å²) in [5.41, 5.74) is 0. The summed E-state index contributed by atoms with van der Waals surface area (Å²) >= 11 is 0. The second-order valence-electron chi connectivity index (χ2n) is 19.2. The monoisotopic (exact) mass is 985 g/mol. The lowest BCUT2D eigenvalue weighted by atomic mass is 10.1. The highest BCUT2D eigenvalue weighted by molar-refractivity contribution is 5.71. The van der Waals surface area contributed by atoms with Crippen molar-refractivity contribution in [1.29, 1.82) is 0 Å². The number of carbonyl (C=O) groups excluding carboxylic acids is 3. The molecule has 0 aromatic heterocycles. The molecule has 0 N–H and O–H groups in total. The molecule has 1 unspecified atom stereocenters. The van der Waals surface area contributed by atoms with E-state index in [1.807, 2.05) is 0 Å². The molecular weight excluding hydrogens is 877 g/mol. The number of esters is 3. The number of hydrogen-bond donors (Lipinski definition) is 0. The molecular formula is C65H108O6. The first-order valence-electron chi connectivity index (χ1n) is 29.4. The van der Waals surface area contributed by atoms with Crippen LogP contribution in [0.25, 0.3) is 0 Å². The molecule has 404 valence electrons. The van der Waals surface area contributed by atoms with Crippen molar-refractivity contribution in [2.45, 2.75) is 271 Å². The zero-order chi connectivity index (χ0) is 51.4. The Kier molecular flexibility index (Phi) is 55.4. The van der Waals surface area contributed by atoms with Gasteiger partial charge in [-0.05, 0) is 122 Å². The largest absolute Gasteiger partial charge is 0.462 e. The first kappa shape index (κ1) is 67.1. The molecule has 71 heavy (non-hydrogen) atoms. The summed E-state index contributed by atoms with van der Waals surface area (Å²) in [6, 6.07) is 0. The molecule has 0 aromatic carbocycles. The molecule has 0 fully saturated rings. The maximum Gasteiger partial charge on any atom is 0.306 e. The fourth-order valence-corrected chi connectivity index (χ4v) is 7.83. The van der Waals surface area contributed by atoms with E-state index < -0.39 is 6.10 Å². The Morgan fingerprint density at radius 2 is 0.563 bits per heavy atom. The van der Waals surface area contributed by atoms with Gasteiger partial charge in [-0.25, -0.2) is 0 Å². The molecule has 0 bridgehead atoms. The minimum absolute atomic E-state index is 0.108. The van der Waals surface area contributed by atoms with Gasteiger partial charge in [0.1, 0.15) is 13.2 Å². The molecule has 0 aliphatic heterocycles. The third-order valence-electron chi connectivity index (χ3n) is 12.2. The lowest BCUT2D eigenvalue weighted by molar-refractivity contribution is -0.167. The Morgan fingerprint density at radius 1 is 0.296 bits per heavy atom. The summed E-state index contributed by atoms with van der Waals surface area (Å²) < 4.78 is 16.8. The average Bonchev–Trinajstić information content (AvgIpc) is 3.37. The number of hydrogen-bond acceptors (Lipinski definition) is 6. The Bertz CT molecular complexity index is 1460. The van der Waals surface area contributed by atoms with Gasteiger partial charge >= 0.3 is 17.9 Å². The Balaban J connectivity index is 4.51. The summed E-state index contributed by atoms with van der Waals surface area (Å²) in [5.74, 6) is -0.981. The van der Waals surface area contributed by atoms with Crippen molar-refractivity contribution in [1.82, 2.24) is 0 Å². The van der Waals surface area contributed by atoms with E-state index in [0.717, 1.165) is 109 Å². The third kappa shape index (κ3) is 56.9. The highest BCUT2D eigenvalue weighted by atomic mass is 16.6. The maximum atomic E-state index is 12.8. The van der Waals surface area contributed by atoms with E-state index >= 15 is 0 Å². The quantitative estimate of drug-likeness (QED) is 0.0261. The summed E-state index contributed by atoms with van der Waals surface area (Å²) in [6.45, 7) is 6.44.